The molecule has 1 aromatic rings. The molecule has 0 spiro atoms. The number of carboxylic acid groups (broad SMARTS) is 1. The summed E-state index contributed by atoms with van der Waals surface area (Å²) in [6, 6.07) is 3.98. The van der Waals surface area contributed by atoms with Crippen LogP contribution in [-0.2, 0) is 25.8 Å². The van der Waals surface area contributed by atoms with Crippen LogP contribution in [-0.4, -0.2) is 17.0 Å². The second-order valence-electron chi connectivity index (χ2n) is 8.29. The second-order valence-corrected chi connectivity index (χ2v) is 9.14. The zero-order valence-electron chi connectivity index (χ0n) is 15.5. The number of hydrogen-bond acceptors (Lipinski definition) is 2. The summed E-state index contributed by atoms with van der Waals surface area (Å²) in [6.07, 6.45) is 8.92. The summed E-state index contributed by atoms with van der Waals surface area (Å²) in [5, 5.41) is 10.1. The highest BCUT2D eigenvalue weighted by atomic mass is 79.9. The lowest BCUT2D eigenvalue weighted by Crippen LogP contribution is -2.39. The van der Waals surface area contributed by atoms with Crippen LogP contribution in [0.4, 0.5) is 0 Å². The fourth-order valence-corrected chi connectivity index (χ4v) is 4.68. The third-order valence-electron chi connectivity index (χ3n) is 5.70. The van der Waals surface area contributed by atoms with Crippen LogP contribution in [0.3, 0.4) is 0 Å². The van der Waals surface area contributed by atoms with Crippen molar-refractivity contribution in [2.45, 2.75) is 56.8 Å². The number of carbonyl (C=O) groups excluding carboxylic acids is 1. The minimum absolute atomic E-state index is 0.145. The van der Waals surface area contributed by atoms with Crippen LogP contribution < -0.4 is 0 Å². The van der Waals surface area contributed by atoms with E-state index in [9.17, 15) is 14.7 Å². The molecule has 1 unspecified atom stereocenters. The summed E-state index contributed by atoms with van der Waals surface area (Å²) in [6.45, 7) is 8.54. The van der Waals surface area contributed by atoms with Crippen molar-refractivity contribution in [1.29, 1.82) is 0 Å². The van der Waals surface area contributed by atoms with Gasteiger partial charge in [0.05, 0.1) is 0 Å². The Balaban J connectivity index is 2.37. The largest absolute Gasteiger partial charge is 0.480 e. The van der Waals surface area contributed by atoms with Crippen molar-refractivity contribution in [3.05, 3.63) is 63.2 Å². The standard InChI is InChI=1S/C22H23BrO3/c1-20(2)9-10-21(3,4)16-12-18(23)17(11-15(16)20)22(19(25)26)8-6-5-7-14(22)13-24/h6,8-12H,5,7H2,1-4H3,(H,25,26). The average molecular weight is 415 g/mol. The van der Waals surface area contributed by atoms with Gasteiger partial charge in [-0.3, -0.25) is 4.79 Å². The predicted octanol–water partition coefficient (Wildman–Crippen LogP) is 5.00. The topological polar surface area (TPSA) is 54.4 Å². The Morgan fingerprint density at radius 1 is 1.04 bits per heavy atom. The van der Waals surface area contributed by atoms with Gasteiger partial charge in [0.15, 0.2) is 0 Å². The van der Waals surface area contributed by atoms with Crippen LogP contribution in [0.1, 0.15) is 57.2 Å². The van der Waals surface area contributed by atoms with Crippen LogP contribution >= 0.6 is 15.9 Å². The van der Waals surface area contributed by atoms with Gasteiger partial charge in [0.1, 0.15) is 11.4 Å². The molecule has 0 radical (unpaired) electrons. The number of hydrogen-bond donors (Lipinski definition) is 1. The number of benzene rings is 1. The molecule has 1 N–H and O–H groups in total. The van der Waals surface area contributed by atoms with Crippen LogP contribution in [0.2, 0.25) is 0 Å². The maximum atomic E-state index is 12.4. The third kappa shape index (κ3) is 2.64. The maximum Gasteiger partial charge on any atom is 0.323 e. The fraction of sp³-hybridized carbons (Fsp3) is 0.409. The van der Waals surface area contributed by atoms with E-state index in [1.807, 2.05) is 24.2 Å². The molecule has 26 heavy (non-hydrogen) atoms. The Labute approximate surface area is 162 Å². The zero-order valence-corrected chi connectivity index (χ0v) is 17.1. The van der Waals surface area contributed by atoms with E-state index in [1.54, 1.807) is 6.08 Å². The van der Waals surface area contributed by atoms with E-state index in [2.05, 4.69) is 55.8 Å². The SMILES string of the molecule is CC1(C)C=CC(C)(C)c2cc(C3(C(=O)O)C=CCCC3=C=O)c(Br)cc21. The lowest BCUT2D eigenvalue weighted by Gasteiger charge is -2.39. The number of aliphatic carboxylic acids is 1. The number of carboxylic acids is 1. The fourth-order valence-electron chi connectivity index (χ4n) is 4.02. The normalized spacial score (nSPS) is 25.5. The molecular formula is C22H23BrO3. The third-order valence-corrected chi connectivity index (χ3v) is 6.36. The van der Waals surface area contributed by atoms with Crippen molar-refractivity contribution >= 4 is 27.8 Å². The summed E-state index contributed by atoms with van der Waals surface area (Å²) in [5.74, 6) is 0.873. The quantitative estimate of drug-likeness (QED) is 0.546. The number of carbonyl (C=O) groups is 1. The van der Waals surface area contributed by atoms with Crippen LogP contribution in [0, 0.1) is 0 Å². The summed E-state index contributed by atoms with van der Waals surface area (Å²) < 4.78 is 0.706. The molecule has 0 aliphatic heterocycles. The smallest absolute Gasteiger partial charge is 0.323 e. The first-order chi connectivity index (χ1) is 12.1. The second kappa shape index (κ2) is 6.07. The van der Waals surface area contributed by atoms with E-state index in [0.717, 1.165) is 11.1 Å². The minimum atomic E-state index is -1.46. The van der Waals surface area contributed by atoms with Gasteiger partial charge in [-0.1, -0.05) is 74.0 Å². The molecule has 0 amide bonds. The molecule has 2 aliphatic rings. The Bertz CT molecular complexity index is 898. The van der Waals surface area contributed by atoms with E-state index in [0.29, 0.717) is 22.9 Å². The molecule has 3 nitrogen and oxygen atoms in total. The van der Waals surface area contributed by atoms with Crippen molar-refractivity contribution < 1.29 is 14.7 Å². The van der Waals surface area contributed by atoms with Crippen LogP contribution in [0.15, 0.2) is 46.5 Å². The van der Waals surface area contributed by atoms with Crippen molar-refractivity contribution in [2.24, 2.45) is 0 Å². The number of halogens is 1. The molecule has 0 aromatic heterocycles. The molecule has 0 fully saturated rings. The van der Waals surface area contributed by atoms with Crippen molar-refractivity contribution in [1.82, 2.24) is 0 Å². The average Bonchev–Trinajstić information content (AvgIpc) is 2.58. The van der Waals surface area contributed by atoms with Crippen LogP contribution in [0.25, 0.3) is 0 Å². The lowest BCUT2D eigenvalue weighted by atomic mass is 9.64. The molecule has 4 heteroatoms. The number of fused-ring (bicyclic) bond motifs is 1. The molecule has 0 saturated carbocycles. The minimum Gasteiger partial charge on any atom is -0.480 e. The summed E-state index contributed by atoms with van der Waals surface area (Å²) in [5.41, 5.74) is 1.30. The summed E-state index contributed by atoms with van der Waals surface area (Å²) in [7, 11) is 0. The van der Waals surface area contributed by atoms with Gasteiger partial charge in [0.25, 0.3) is 0 Å². The van der Waals surface area contributed by atoms with E-state index in [1.165, 1.54) is 0 Å². The van der Waals surface area contributed by atoms with Crippen LogP contribution in [0.5, 0.6) is 0 Å². The van der Waals surface area contributed by atoms with Gasteiger partial charge in [-0.25, -0.2) is 4.79 Å². The van der Waals surface area contributed by atoms with Gasteiger partial charge in [-0.2, -0.15) is 0 Å². The molecule has 2 aliphatic carbocycles. The molecule has 0 heterocycles. The Hall–Kier alpha value is -1.90. The van der Waals surface area contributed by atoms with E-state index in [4.69, 9.17) is 0 Å². The first-order valence-corrected chi connectivity index (χ1v) is 9.56. The first-order valence-electron chi connectivity index (χ1n) is 8.77. The number of rotatable bonds is 2. The van der Waals surface area contributed by atoms with Crippen molar-refractivity contribution in [3.8, 4) is 0 Å². The first kappa shape index (κ1) is 18.9. The highest BCUT2D eigenvalue weighted by Gasteiger charge is 2.46. The van der Waals surface area contributed by atoms with Crippen molar-refractivity contribution in [2.75, 3.05) is 0 Å². The van der Waals surface area contributed by atoms with Gasteiger partial charge >= 0.3 is 5.97 Å². The van der Waals surface area contributed by atoms with Crippen molar-refractivity contribution in [3.63, 3.8) is 0 Å². The summed E-state index contributed by atoms with van der Waals surface area (Å²) >= 11 is 3.60. The molecule has 1 aromatic carbocycles. The Kier molecular flexibility index (Phi) is 4.41. The van der Waals surface area contributed by atoms with Gasteiger partial charge < -0.3 is 5.11 Å². The van der Waals surface area contributed by atoms with E-state index < -0.39 is 11.4 Å². The molecule has 1 atom stereocenters. The highest BCUT2D eigenvalue weighted by molar-refractivity contribution is 9.10. The zero-order chi connectivity index (χ0) is 19.3. The summed E-state index contributed by atoms with van der Waals surface area (Å²) in [4.78, 5) is 24.0. The Morgan fingerprint density at radius 3 is 2.15 bits per heavy atom. The number of allylic oxidation sites excluding steroid dienone is 3. The monoisotopic (exact) mass is 414 g/mol. The van der Waals surface area contributed by atoms with Gasteiger partial charge in [-0.15, -0.1) is 0 Å². The molecular weight excluding hydrogens is 392 g/mol. The Morgan fingerprint density at radius 2 is 1.62 bits per heavy atom. The van der Waals surface area contributed by atoms with Gasteiger partial charge in [-0.05, 0) is 35.6 Å². The highest BCUT2D eigenvalue weighted by Crippen LogP contribution is 2.48. The molecule has 0 saturated heterocycles. The van der Waals surface area contributed by atoms with E-state index >= 15 is 0 Å². The van der Waals surface area contributed by atoms with E-state index in [-0.39, 0.29) is 16.4 Å². The lowest BCUT2D eigenvalue weighted by molar-refractivity contribution is -0.140. The molecule has 3 rings (SSSR count). The maximum absolute atomic E-state index is 12.4. The molecule has 0 bridgehead atoms. The van der Waals surface area contributed by atoms with Gasteiger partial charge in [0.2, 0.25) is 0 Å². The van der Waals surface area contributed by atoms with Gasteiger partial charge in [0, 0.05) is 20.9 Å². The predicted molar refractivity (Wildman–Crippen MR) is 106 cm³/mol. The molecule has 136 valence electrons.